The maximum absolute atomic E-state index is 7.04. The summed E-state index contributed by atoms with van der Waals surface area (Å²) in [5, 5.41) is 0.129. The van der Waals surface area contributed by atoms with Crippen molar-refractivity contribution in [2.24, 2.45) is 0 Å². The van der Waals surface area contributed by atoms with Crippen LogP contribution in [0.2, 0.25) is 18.1 Å². The first-order valence-electron chi connectivity index (χ1n) is 12.6. The molecule has 184 valence electrons. The predicted octanol–water partition coefficient (Wildman–Crippen LogP) is 5.01. The van der Waals surface area contributed by atoms with Crippen molar-refractivity contribution in [1.82, 2.24) is 4.90 Å². The Kier molecular flexibility index (Phi) is 6.74. The van der Waals surface area contributed by atoms with E-state index < -0.39 is 8.32 Å². The fourth-order valence-electron chi connectivity index (χ4n) is 5.08. The fourth-order valence-corrected chi connectivity index (χ4v) is 6.40. The molecule has 0 unspecified atom stereocenters. The number of piperidine rings is 1. The fraction of sp³-hybridized carbons (Fsp3) is 0.571. The van der Waals surface area contributed by atoms with E-state index in [1.165, 1.54) is 11.1 Å². The molecule has 34 heavy (non-hydrogen) atoms. The van der Waals surface area contributed by atoms with Gasteiger partial charge in [-0.05, 0) is 29.3 Å². The highest BCUT2D eigenvalue weighted by Crippen LogP contribution is 2.45. The molecule has 0 amide bonds. The zero-order valence-corrected chi connectivity index (χ0v) is 22.1. The first-order chi connectivity index (χ1) is 16.2. The standard InChI is InChI=1S/C28H39NO4Si/c1-28(2,3)34(4,5)33-23-17-29-16-22-25(32-22)24(29)27(31-19-21-14-10-7-11-15-21)26(23)30-18-20-12-8-6-9-13-20/h6-15,22-27H,16-19H2,1-5H3/t22-,23+,24-,25-,26-,27-/m1/s1. The molecule has 3 heterocycles. The van der Waals surface area contributed by atoms with Crippen molar-refractivity contribution in [2.45, 2.75) is 88.7 Å². The third-order valence-electron chi connectivity index (χ3n) is 8.06. The SMILES string of the molecule is CC(C)(C)[Si](C)(C)O[C@H]1CN2C[C@H]3O[C@H]3[C@@H]2[C@@H](OCc2ccccc2)[C@@H]1OCc1ccccc1. The van der Waals surface area contributed by atoms with Crippen LogP contribution in [0.4, 0.5) is 0 Å². The van der Waals surface area contributed by atoms with Crippen LogP contribution >= 0.6 is 0 Å². The van der Waals surface area contributed by atoms with Crippen molar-refractivity contribution in [1.29, 1.82) is 0 Å². The minimum Gasteiger partial charge on any atom is -0.410 e. The monoisotopic (exact) mass is 481 g/mol. The zero-order chi connectivity index (χ0) is 23.9. The topological polar surface area (TPSA) is 43.5 Å². The van der Waals surface area contributed by atoms with Crippen LogP contribution in [0.5, 0.6) is 0 Å². The molecule has 0 aliphatic carbocycles. The first-order valence-corrected chi connectivity index (χ1v) is 15.5. The van der Waals surface area contributed by atoms with Crippen molar-refractivity contribution < 1.29 is 18.6 Å². The summed E-state index contributed by atoms with van der Waals surface area (Å²) in [4.78, 5) is 2.54. The third kappa shape index (κ3) is 5.03. The summed E-state index contributed by atoms with van der Waals surface area (Å²) in [7, 11) is -2.00. The van der Waals surface area contributed by atoms with Gasteiger partial charge in [0.05, 0.1) is 31.5 Å². The van der Waals surface area contributed by atoms with Gasteiger partial charge in [0, 0.05) is 13.1 Å². The maximum Gasteiger partial charge on any atom is 0.192 e. The second-order valence-corrected chi connectivity index (χ2v) is 16.3. The van der Waals surface area contributed by atoms with E-state index in [1.807, 2.05) is 12.1 Å². The van der Waals surface area contributed by atoms with Crippen molar-refractivity contribution in [3.8, 4) is 0 Å². The van der Waals surface area contributed by atoms with E-state index in [2.05, 4.69) is 87.3 Å². The second-order valence-electron chi connectivity index (χ2n) is 11.5. The minimum atomic E-state index is -2.00. The van der Waals surface area contributed by atoms with Crippen LogP contribution in [0.1, 0.15) is 31.9 Å². The largest absolute Gasteiger partial charge is 0.410 e. The summed E-state index contributed by atoms with van der Waals surface area (Å²) in [5.74, 6) is 0. The Morgan fingerprint density at radius 2 is 1.41 bits per heavy atom. The van der Waals surface area contributed by atoms with Crippen LogP contribution in [0.3, 0.4) is 0 Å². The van der Waals surface area contributed by atoms with Gasteiger partial charge in [0.15, 0.2) is 8.32 Å². The van der Waals surface area contributed by atoms with E-state index in [1.54, 1.807) is 0 Å². The van der Waals surface area contributed by atoms with Gasteiger partial charge in [-0.1, -0.05) is 81.4 Å². The van der Waals surface area contributed by atoms with E-state index in [0.717, 1.165) is 13.1 Å². The van der Waals surface area contributed by atoms with Gasteiger partial charge in [-0.3, -0.25) is 4.90 Å². The van der Waals surface area contributed by atoms with Crippen LogP contribution < -0.4 is 0 Å². The number of morpholine rings is 1. The van der Waals surface area contributed by atoms with Crippen LogP contribution in [0.25, 0.3) is 0 Å². The average Bonchev–Trinajstić information content (AvgIpc) is 3.47. The summed E-state index contributed by atoms with van der Waals surface area (Å²) in [6, 6.07) is 21.0. The summed E-state index contributed by atoms with van der Waals surface area (Å²) < 4.78 is 26.4. The molecule has 3 fully saturated rings. The van der Waals surface area contributed by atoms with Crippen LogP contribution in [0.15, 0.2) is 60.7 Å². The number of hydrogen-bond acceptors (Lipinski definition) is 5. The summed E-state index contributed by atoms with van der Waals surface area (Å²) >= 11 is 0. The van der Waals surface area contributed by atoms with Gasteiger partial charge >= 0.3 is 0 Å². The van der Waals surface area contributed by atoms with Gasteiger partial charge < -0.3 is 18.6 Å². The van der Waals surface area contributed by atoms with Crippen LogP contribution in [-0.4, -0.2) is 62.9 Å². The number of ether oxygens (including phenoxy) is 3. The highest BCUT2D eigenvalue weighted by Gasteiger charge is 2.62. The molecule has 0 saturated carbocycles. The lowest BCUT2D eigenvalue weighted by molar-refractivity contribution is -0.185. The Morgan fingerprint density at radius 1 is 0.853 bits per heavy atom. The normalized spacial score (nSPS) is 31.2. The van der Waals surface area contributed by atoms with Gasteiger partial charge in [0.25, 0.3) is 0 Å². The molecular formula is C28H39NO4Si. The lowest BCUT2D eigenvalue weighted by Crippen LogP contribution is -2.65. The van der Waals surface area contributed by atoms with Crippen LogP contribution in [0, 0.1) is 0 Å². The van der Waals surface area contributed by atoms with Gasteiger partial charge in [0.2, 0.25) is 0 Å². The predicted molar refractivity (Wildman–Crippen MR) is 136 cm³/mol. The molecule has 0 spiro atoms. The highest BCUT2D eigenvalue weighted by molar-refractivity contribution is 6.74. The van der Waals surface area contributed by atoms with Gasteiger partial charge in [-0.2, -0.15) is 0 Å². The molecule has 5 nitrogen and oxygen atoms in total. The summed E-state index contributed by atoms with van der Waals surface area (Å²) in [5.41, 5.74) is 2.35. The second kappa shape index (κ2) is 9.49. The summed E-state index contributed by atoms with van der Waals surface area (Å²) in [6.07, 6.45) is 0.290. The van der Waals surface area contributed by atoms with Crippen molar-refractivity contribution in [3.05, 3.63) is 71.8 Å². The Balaban J connectivity index is 1.41. The molecule has 3 aliphatic rings. The smallest absolute Gasteiger partial charge is 0.192 e. The van der Waals surface area contributed by atoms with Gasteiger partial charge in [-0.25, -0.2) is 0 Å². The van der Waals surface area contributed by atoms with Crippen molar-refractivity contribution in [2.75, 3.05) is 13.1 Å². The zero-order valence-electron chi connectivity index (χ0n) is 21.1. The number of nitrogens with zero attached hydrogens (tertiary/aromatic N) is 1. The van der Waals surface area contributed by atoms with E-state index in [-0.39, 0.29) is 35.5 Å². The molecule has 3 aliphatic heterocycles. The van der Waals surface area contributed by atoms with E-state index in [0.29, 0.717) is 19.3 Å². The Morgan fingerprint density at radius 3 is 1.97 bits per heavy atom. The first kappa shape index (κ1) is 24.2. The third-order valence-corrected chi connectivity index (χ3v) is 12.6. The molecule has 0 N–H and O–H groups in total. The van der Waals surface area contributed by atoms with Gasteiger partial charge in [-0.15, -0.1) is 0 Å². The van der Waals surface area contributed by atoms with Gasteiger partial charge in [0.1, 0.15) is 18.3 Å². The van der Waals surface area contributed by atoms with E-state index >= 15 is 0 Å². The molecule has 6 atom stereocenters. The molecule has 2 aromatic carbocycles. The molecule has 5 rings (SSSR count). The molecule has 0 bridgehead atoms. The minimum absolute atomic E-state index is 0.0286. The lowest BCUT2D eigenvalue weighted by Gasteiger charge is -2.50. The lowest BCUT2D eigenvalue weighted by atomic mass is 9.93. The van der Waals surface area contributed by atoms with Crippen LogP contribution in [-0.2, 0) is 31.9 Å². The molecule has 0 radical (unpaired) electrons. The molecule has 3 saturated heterocycles. The molecule has 6 heteroatoms. The average molecular weight is 482 g/mol. The maximum atomic E-state index is 7.04. The Hall–Kier alpha value is -1.54. The number of benzene rings is 2. The van der Waals surface area contributed by atoms with E-state index in [4.69, 9.17) is 18.6 Å². The number of rotatable bonds is 8. The highest BCUT2D eigenvalue weighted by atomic mass is 28.4. The quantitative estimate of drug-likeness (QED) is 0.392. The molecular weight excluding hydrogens is 442 g/mol. The van der Waals surface area contributed by atoms with Crippen molar-refractivity contribution in [3.63, 3.8) is 0 Å². The Labute approximate surface area is 205 Å². The molecule has 2 aromatic rings. The summed E-state index contributed by atoms with van der Waals surface area (Å²) in [6.45, 7) is 14.5. The van der Waals surface area contributed by atoms with E-state index in [9.17, 15) is 0 Å². The van der Waals surface area contributed by atoms with Crippen molar-refractivity contribution >= 4 is 8.32 Å². The molecule has 0 aromatic heterocycles. The number of epoxide rings is 1. The number of fused-ring (bicyclic) bond motifs is 3. The Bertz CT molecular complexity index is 948. The number of hydrogen-bond donors (Lipinski definition) is 0.